The van der Waals surface area contributed by atoms with Crippen LogP contribution in [0.3, 0.4) is 0 Å². The first-order valence-electron chi connectivity index (χ1n) is 4.70. The summed E-state index contributed by atoms with van der Waals surface area (Å²) in [5, 5.41) is 9.20. The molecular weight excluding hydrogens is 152 g/mol. The summed E-state index contributed by atoms with van der Waals surface area (Å²) in [4.78, 5) is 11.2. The summed E-state index contributed by atoms with van der Waals surface area (Å²) in [7, 11) is 0. The van der Waals surface area contributed by atoms with E-state index in [9.17, 15) is 9.90 Å². The zero-order chi connectivity index (χ0) is 9.41. The van der Waals surface area contributed by atoms with Gasteiger partial charge in [0.1, 0.15) is 0 Å². The van der Waals surface area contributed by atoms with Gasteiger partial charge in [-0.15, -0.1) is 0 Å². The highest BCUT2D eigenvalue weighted by molar-refractivity contribution is 5.76. The predicted octanol–water partition coefficient (Wildman–Crippen LogP) is 2.68. The Morgan fingerprint density at radius 2 is 2.00 bits per heavy atom. The summed E-state index contributed by atoms with van der Waals surface area (Å²) in [6.45, 7) is 6.15. The minimum absolute atomic E-state index is 0.0203. The quantitative estimate of drug-likeness (QED) is 0.691. The summed E-state index contributed by atoms with van der Waals surface area (Å²) in [6.07, 6.45) is 3.72. The van der Waals surface area contributed by atoms with Crippen molar-refractivity contribution in [1.82, 2.24) is 0 Å². The molecule has 0 spiro atoms. The Balaban J connectivity index is 3.00. The van der Waals surface area contributed by atoms with E-state index in [0.29, 0.717) is 0 Å². The highest BCUT2D eigenvalue weighted by atomic mass is 16.4. The third-order valence-corrected chi connectivity index (χ3v) is 3.71. The Bertz CT molecular complexity index is 196. The van der Waals surface area contributed by atoms with Crippen LogP contribution in [0.1, 0.15) is 46.5 Å². The zero-order valence-electron chi connectivity index (χ0n) is 8.18. The highest BCUT2D eigenvalue weighted by Crippen LogP contribution is 2.54. The van der Waals surface area contributed by atoms with E-state index in [2.05, 4.69) is 13.8 Å². The maximum absolute atomic E-state index is 11.2. The van der Waals surface area contributed by atoms with E-state index >= 15 is 0 Å². The molecule has 1 atom stereocenters. The fraction of sp³-hybridized carbons (Fsp3) is 0.900. The lowest BCUT2D eigenvalue weighted by Crippen LogP contribution is -2.39. The van der Waals surface area contributed by atoms with Gasteiger partial charge >= 0.3 is 5.97 Å². The number of hydrogen-bond acceptors (Lipinski definition) is 1. The van der Waals surface area contributed by atoms with Gasteiger partial charge in [0.15, 0.2) is 0 Å². The molecule has 0 bridgehead atoms. The average Bonchev–Trinajstić information content (AvgIpc) is 2.25. The minimum atomic E-state index is -0.604. The van der Waals surface area contributed by atoms with Gasteiger partial charge in [-0.3, -0.25) is 4.79 Å². The van der Waals surface area contributed by atoms with Crippen molar-refractivity contribution in [2.24, 2.45) is 10.8 Å². The van der Waals surface area contributed by atoms with E-state index in [1.807, 2.05) is 6.92 Å². The molecule has 1 saturated carbocycles. The third kappa shape index (κ3) is 1.05. The summed E-state index contributed by atoms with van der Waals surface area (Å²) >= 11 is 0. The molecule has 12 heavy (non-hydrogen) atoms. The van der Waals surface area contributed by atoms with Crippen molar-refractivity contribution in [3.05, 3.63) is 0 Å². The molecule has 1 fully saturated rings. The van der Waals surface area contributed by atoms with Crippen LogP contribution in [0.2, 0.25) is 0 Å². The summed E-state index contributed by atoms with van der Waals surface area (Å²) < 4.78 is 0. The van der Waals surface area contributed by atoms with Gasteiger partial charge in [-0.1, -0.05) is 27.2 Å². The highest BCUT2D eigenvalue weighted by Gasteiger charge is 2.52. The predicted molar refractivity (Wildman–Crippen MR) is 48.0 cm³/mol. The largest absolute Gasteiger partial charge is 0.481 e. The number of rotatable bonds is 2. The van der Waals surface area contributed by atoms with Gasteiger partial charge in [-0.2, -0.15) is 0 Å². The van der Waals surface area contributed by atoms with Crippen molar-refractivity contribution >= 4 is 5.97 Å². The minimum Gasteiger partial charge on any atom is -0.481 e. The third-order valence-electron chi connectivity index (χ3n) is 3.71. The van der Waals surface area contributed by atoms with Crippen LogP contribution < -0.4 is 0 Å². The molecule has 1 rings (SSSR count). The van der Waals surface area contributed by atoms with Gasteiger partial charge in [0, 0.05) is 0 Å². The molecule has 2 heteroatoms. The van der Waals surface area contributed by atoms with E-state index in [1.165, 1.54) is 0 Å². The molecule has 1 unspecified atom stereocenters. The molecule has 0 aromatic heterocycles. The maximum atomic E-state index is 11.2. The molecule has 70 valence electrons. The number of carbonyl (C=O) groups is 1. The first-order valence-corrected chi connectivity index (χ1v) is 4.70. The van der Waals surface area contributed by atoms with E-state index in [0.717, 1.165) is 25.7 Å². The number of carboxylic acids is 1. The average molecular weight is 170 g/mol. The summed E-state index contributed by atoms with van der Waals surface area (Å²) in [5.74, 6) is -0.604. The number of aliphatic carboxylic acids is 1. The molecule has 1 aliphatic carbocycles. The molecule has 0 amide bonds. The van der Waals surface area contributed by atoms with Gasteiger partial charge in [-0.05, 0) is 24.7 Å². The summed E-state index contributed by atoms with van der Waals surface area (Å²) in [5.41, 5.74) is -0.472. The van der Waals surface area contributed by atoms with Crippen molar-refractivity contribution in [2.75, 3.05) is 0 Å². The molecule has 0 saturated heterocycles. The van der Waals surface area contributed by atoms with Crippen LogP contribution in [-0.2, 0) is 4.79 Å². The second kappa shape index (κ2) is 2.75. The SMILES string of the molecule is CCC1(C(=O)O)CCCC1(C)C. The fourth-order valence-electron chi connectivity index (χ4n) is 2.61. The molecule has 0 radical (unpaired) electrons. The van der Waals surface area contributed by atoms with E-state index in [4.69, 9.17) is 0 Å². The Labute approximate surface area is 74.0 Å². The van der Waals surface area contributed by atoms with Crippen LogP contribution in [0.5, 0.6) is 0 Å². The van der Waals surface area contributed by atoms with Crippen molar-refractivity contribution < 1.29 is 9.90 Å². The van der Waals surface area contributed by atoms with E-state index in [-0.39, 0.29) is 5.41 Å². The Morgan fingerprint density at radius 1 is 1.42 bits per heavy atom. The van der Waals surface area contributed by atoms with Crippen LogP contribution in [0.15, 0.2) is 0 Å². The van der Waals surface area contributed by atoms with Gasteiger partial charge in [0.25, 0.3) is 0 Å². The van der Waals surface area contributed by atoms with Gasteiger partial charge in [0.2, 0.25) is 0 Å². The van der Waals surface area contributed by atoms with Gasteiger partial charge in [0.05, 0.1) is 5.41 Å². The molecular formula is C10H18O2. The van der Waals surface area contributed by atoms with Crippen LogP contribution >= 0.6 is 0 Å². The lowest BCUT2D eigenvalue weighted by molar-refractivity contribution is -0.155. The Hall–Kier alpha value is -0.530. The van der Waals surface area contributed by atoms with Crippen molar-refractivity contribution in [2.45, 2.75) is 46.5 Å². The standard InChI is InChI=1S/C10H18O2/c1-4-10(8(11)12)7-5-6-9(10,2)3/h4-7H2,1-3H3,(H,11,12). The lowest BCUT2D eigenvalue weighted by atomic mass is 9.66. The first kappa shape index (κ1) is 9.56. The zero-order valence-corrected chi connectivity index (χ0v) is 8.18. The van der Waals surface area contributed by atoms with E-state index < -0.39 is 11.4 Å². The second-order valence-corrected chi connectivity index (χ2v) is 4.48. The molecule has 0 heterocycles. The lowest BCUT2D eigenvalue weighted by Gasteiger charge is -2.36. The van der Waals surface area contributed by atoms with Crippen LogP contribution in [0.4, 0.5) is 0 Å². The van der Waals surface area contributed by atoms with Crippen LogP contribution in [0, 0.1) is 10.8 Å². The van der Waals surface area contributed by atoms with Crippen molar-refractivity contribution in [1.29, 1.82) is 0 Å². The fourth-order valence-corrected chi connectivity index (χ4v) is 2.61. The maximum Gasteiger partial charge on any atom is 0.310 e. The molecule has 0 aliphatic heterocycles. The Kier molecular flexibility index (Phi) is 2.19. The number of hydrogen-bond donors (Lipinski definition) is 1. The topological polar surface area (TPSA) is 37.3 Å². The van der Waals surface area contributed by atoms with Crippen LogP contribution in [-0.4, -0.2) is 11.1 Å². The second-order valence-electron chi connectivity index (χ2n) is 4.48. The molecule has 2 nitrogen and oxygen atoms in total. The molecule has 0 aromatic rings. The smallest absolute Gasteiger partial charge is 0.310 e. The normalized spacial score (nSPS) is 33.6. The van der Waals surface area contributed by atoms with Gasteiger partial charge < -0.3 is 5.11 Å². The molecule has 1 N–H and O–H groups in total. The van der Waals surface area contributed by atoms with Crippen molar-refractivity contribution in [3.8, 4) is 0 Å². The van der Waals surface area contributed by atoms with Crippen LogP contribution in [0.25, 0.3) is 0 Å². The Morgan fingerprint density at radius 3 is 2.17 bits per heavy atom. The monoisotopic (exact) mass is 170 g/mol. The van der Waals surface area contributed by atoms with E-state index in [1.54, 1.807) is 0 Å². The first-order chi connectivity index (χ1) is 5.46. The number of carboxylic acid groups (broad SMARTS) is 1. The van der Waals surface area contributed by atoms with Crippen molar-refractivity contribution in [3.63, 3.8) is 0 Å². The molecule has 0 aromatic carbocycles. The molecule has 1 aliphatic rings. The van der Waals surface area contributed by atoms with Gasteiger partial charge in [-0.25, -0.2) is 0 Å². The summed E-state index contributed by atoms with van der Waals surface area (Å²) in [6, 6.07) is 0.